The molecule has 2 unspecified atom stereocenters. The maximum absolute atomic E-state index is 11.5. The predicted octanol–water partition coefficient (Wildman–Crippen LogP) is 7.23. The molecule has 0 saturated carbocycles. The molecule has 3 heteroatoms. The molecule has 0 bridgehead atoms. The molecular weight excluding hydrogens is 396 g/mol. The van der Waals surface area contributed by atoms with Crippen molar-refractivity contribution in [3.63, 3.8) is 0 Å². The summed E-state index contributed by atoms with van der Waals surface area (Å²) in [4.78, 5) is 0. The molecule has 1 fully saturated rings. The molecule has 1 heterocycles. The van der Waals surface area contributed by atoms with Crippen molar-refractivity contribution in [2.24, 2.45) is 5.92 Å². The van der Waals surface area contributed by atoms with Crippen molar-refractivity contribution in [2.75, 3.05) is 13.2 Å². The summed E-state index contributed by atoms with van der Waals surface area (Å²) < 4.78 is 11.7. The first-order valence-corrected chi connectivity index (χ1v) is 12.0. The summed E-state index contributed by atoms with van der Waals surface area (Å²) in [6, 6.07) is 8.16. The van der Waals surface area contributed by atoms with Crippen LogP contribution in [0.15, 0.2) is 73.4 Å². The molecule has 32 heavy (non-hydrogen) atoms. The molecule has 3 nitrogen and oxygen atoms in total. The summed E-state index contributed by atoms with van der Waals surface area (Å²) in [5.41, 5.74) is 2.28. The number of aliphatic hydroxyl groups is 1. The standard InChI is InChI=1S/C24H34O3.C5H10/c1-5-10-21(7-3)24(25,19(4)6-2)16-13-20-11-8-9-12-23(20)27-22-14-17-26-18-15-22;1-4-5(2)3/h5,7-12,19,22,25H,1,3,6,13-18H2,2,4H3;2,4H2,1,3H3/b21-10+;. The van der Waals surface area contributed by atoms with Gasteiger partial charge in [0.1, 0.15) is 11.9 Å². The highest BCUT2D eigenvalue weighted by atomic mass is 16.5. The highest BCUT2D eigenvalue weighted by Gasteiger charge is 2.35. The third kappa shape index (κ3) is 8.80. The topological polar surface area (TPSA) is 38.7 Å². The van der Waals surface area contributed by atoms with Crippen LogP contribution in [0.3, 0.4) is 0 Å². The first-order valence-electron chi connectivity index (χ1n) is 12.0. The Morgan fingerprint density at radius 1 is 1.25 bits per heavy atom. The van der Waals surface area contributed by atoms with E-state index in [0.29, 0.717) is 6.42 Å². The summed E-state index contributed by atoms with van der Waals surface area (Å²) in [5, 5.41) is 11.5. The molecular formula is C29H44O3. The van der Waals surface area contributed by atoms with E-state index in [4.69, 9.17) is 9.47 Å². The molecule has 0 spiro atoms. The Morgan fingerprint density at radius 3 is 2.41 bits per heavy atom. The van der Waals surface area contributed by atoms with Gasteiger partial charge in [-0.2, -0.15) is 0 Å². The van der Waals surface area contributed by atoms with Crippen LogP contribution in [0.25, 0.3) is 0 Å². The molecule has 1 aromatic carbocycles. The number of hydrogen-bond acceptors (Lipinski definition) is 3. The predicted molar refractivity (Wildman–Crippen MR) is 137 cm³/mol. The van der Waals surface area contributed by atoms with Crippen molar-refractivity contribution in [3.05, 3.63) is 78.9 Å². The normalized spacial score (nSPS) is 17.3. The first kappa shape index (κ1) is 27.9. The molecule has 1 aliphatic heterocycles. The molecule has 0 radical (unpaired) electrons. The molecule has 1 aromatic rings. The number of aryl methyl sites for hydroxylation is 1. The van der Waals surface area contributed by atoms with Crippen LogP contribution >= 0.6 is 0 Å². The van der Waals surface area contributed by atoms with Crippen molar-refractivity contribution < 1.29 is 14.6 Å². The fraction of sp³-hybridized carbons (Fsp3) is 0.517. The van der Waals surface area contributed by atoms with E-state index < -0.39 is 5.60 Å². The first-order chi connectivity index (χ1) is 15.3. The lowest BCUT2D eigenvalue weighted by Crippen LogP contribution is -2.38. The Kier molecular flexibility index (Phi) is 13.0. The Balaban J connectivity index is 0.000000920. The van der Waals surface area contributed by atoms with Gasteiger partial charge in [0.25, 0.3) is 0 Å². The quantitative estimate of drug-likeness (QED) is 0.291. The highest BCUT2D eigenvalue weighted by molar-refractivity contribution is 5.36. The van der Waals surface area contributed by atoms with Gasteiger partial charge in [0.15, 0.2) is 0 Å². The minimum absolute atomic E-state index is 0.116. The lowest BCUT2D eigenvalue weighted by atomic mass is 9.76. The van der Waals surface area contributed by atoms with Gasteiger partial charge in [-0.25, -0.2) is 0 Å². The molecule has 0 aliphatic carbocycles. The Bertz CT molecular complexity index is 743. The minimum atomic E-state index is -0.934. The third-order valence-electron chi connectivity index (χ3n) is 6.26. The number of para-hydroxylation sites is 1. The molecule has 2 atom stereocenters. The van der Waals surface area contributed by atoms with E-state index in [-0.39, 0.29) is 12.0 Å². The minimum Gasteiger partial charge on any atom is -0.490 e. The SMILES string of the molecule is C=C(C)CC.C=C/C=C(\C=C)C(O)(CCc1ccccc1OC1CCOCC1)C(C)CC. The van der Waals surface area contributed by atoms with Crippen LogP contribution in [0.1, 0.15) is 65.4 Å². The van der Waals surface area contributed by atoms with Gasteiger partial charge in [-0.05, 0) is 49.3 Å². The average Bonchev–Trinajstić information content (AvgIpc) is 2.82. The number of benzene rings is 1. The molecule has 1 aliphatic rings. The summed E-state index contributed by atoms with van der Waals surface area (Å²) in [6.45, 7) is 21.2. The van der Waals surface area contributed by atoms with Gasteiger partial charge < -0.3 is 14.6 Å². The second-order valence-electron chi connectivity index (χ2n) is 8.64. The zero-order valence-corrected chi connectivity index (χ0v) is 20.7. The molecule has 1 saturated heterocycles. The van der Waals surface area contributed by atoms with Gasteiger partial charge in [0.2, 0.25) is 0 Å². The lowest BCUT2D eigenvalue weighted by molar-refractivity contribution is 0.0164. The van der Waals surface area contributed by atoms with E-state index in [1.807, 2.05) is 31.2 Å². The maximum Gasteiger partial charge on any atom is 0.122 e. The zero-order valence-electron chi connectivity index (χ0n) is 20.7. The summed E-state index contributed by atoms with van der Waals surface area (Å²) >= 11 is 0. The van der Waals surface area contributed by atoms with Gasteiger partial charge in [-0.1, -0.05) is 82.4 Å². The van der Waals surface area contributed by atoms with E-state index in [9.17, 15) is 5.11 Å². The van der Waals surface area contributed by atoms with Crippen LogP contribution < -0.4 is 4.74 Å². The second kappa shape index (κ2) is 14.9. The number of hydrogen-bond donors (Lipinski definition) is 1. The zero-order chi connectivity index (χ0) is 24.0. The molecule has 0 aromatic heterocycles. The van der Waals surface area contributed by atoms with Gasteiger partial charge in [0, 0.05) is 12.8 Å². The number of allylic oxidation sites excluding steroid dienone is 3. The van der Waals surface area contributed by atoms with Gasteiger partial charge in [-0.3, -0.25) is 0 Å². The monoisotopic (exact) mass is 440 g/mol. The van der Waals surface area contributed by atoms with Crippen LogP contribution in [0.2, 0.25) is 0 Å². The molecule has 0 amide bonds. The fourth-order valence-corrected chi connectivity index (χ4v) is 3.65. The lowest BCUT2D eigenvalue weighted by Gasteiger charge is -2.35. The fourth-order valence-electron chi connectivity index (χ4n) is 3.65. The third-order valence-corrected chi connectivity index (χ3v) is 6.26. The molecule has 178 valence electrons. The molecule has 2 rings (SSSR count). The van der Waals surface area contributed by atoms with E-state index in [0.717, 1.165) is 62.2 Å². The van der Waals surface area contributed by atoms with E-state index in [2.05, 4.69) is 46.6 Å². The number of ether oxygens (including phenoxy) is 2. The van der Waals surface area contributed by atoms with Gasteiger partial charge >= 0.3 is 0 Å². The van der Waals surface area contributed by atoms with Crippen molar-refractivity contribution in [2.45, 2.75) is 77.9 Å². The van der Waals surface area contributed by atoms with Gasteiger partial charge in [0.05, 0.1) is 18.8 Å². The van der Waals surface area contributed by atoms with Crippen LogP contribution in [-0.4, -0.2) is 30.0 Å². The Hall–Kier alpha value is -2.10. The van der Waals surface area contributed by atoms with E-state index in [1.165, 1.54) is 5.57 Å². The van der Waals surface area contributed by atoms with Crippen LogP contribution in [-0.2, 0) is 11.2 Å². The van der Waals surface area contributed by atoms with E-state index >= 15 is 0 Å². The van der Waals surface area contributed by atoms with Gasteiger partial charge in [-0.15, -0.1) is 6.58 Å². The smallest absolute Gasteiger partial charge is 0.122 e. The summed E-state index contributed by atoms with van der Waals surface area (Å²) in [6.07, 6.45) is 10.7. The van der Waals surface area contributed by atoms with Crippen LogP contribution in [0.4, 0.5) is 0 Å². The number of rotatable bonds is 11. The van der Waals surface area contributed by atoms with Crippen molar-refractivity contribution in [3.8, 4) is 5.75 Å². The van der Waals surface area contributed by atoms with Crippen molar-refractivity contribution in [1.82, 2.24) is 0 Å². The Morgan fingerprint density at radius 2 is 1.88 bits per heavy atom. The highest BCUT2D eigenvalue weighted by Crippen LogP contribution is 2.35. The molecule has 1 N–H and O–H groups in total. The Labute approximate surface area is 196 Å². The summed E-state index contributed by atoms with van der Waals surface area (Å²) in [7, 11) is 0. The maximum atomic E-state index is 11.5. The van der Waals surface area contributed by atoms with Crippen molar-refractivity contribution in [1.29, 1.82) is 0 Å². The van der Waals surface area contributed by atoms with Crippen LogP contribution in [0, 0.1) is 5.92 Å². The average molecular weight is 441 g/mol. The van der Waals surface area contributed by atoms with Crippen LogP contribution in [0.5, 0.6) is 5.75 Å². The van der Waals surface area contributed by atoms with E-state index in [1.54, 1.807) is 12.2 Å². The summed E-state index contributed by atoms with van der Waals surface area (Å²) in [5.74, 6) is 1.04. The van der Waals surface area contributed by atoms with Crippen molar-refractivity contribution >= 4 is 0 Å². The largest absolute Gasteiger partial charge is 0.490 e. The second-order valence-corrected chi connectivity index (χ2v) is 8.64.